The Morgan fingerprint density at radius 1 is 1.28 bits per heavy atom. The molecule has 5 heteroatoms. The molecule has 1 N–H and O–H groups in total. The molecular weight excluding hydrogens is 232 g/mol. The highest BCUT2D eigenvalue weighted by molar-refractivity contribution is 6.21. The Morgan fingerprint density at radius 2 is 1.94 bits per heavy atom. The highest BCUT2D eigenvalue weighted by Gasteiger charge is 2.47. The van der Waals surface area contributed by atoms with Crippen LogP contribution in [0.3, 0.4) is 0 Å². The summed E-state index contributed by atoms with van der Waals surface area (Å²) in [6.07, 6.45) is 0. The van der Waals surface area contributed by atoms with Gasteiger partial charge < -0.3 is 5.32 Å². The number of carbonyl (C=O) groups excluding carboxylic acids is 3. The number of carbonyl (C=O) groups is 3. The number of urea groups is 1. The summed E-state index contributed by atoms with van der Waals surface area (Å²) in [6.45, 7) is 4.97. The number of benzene rings is 1. The normalized spacial score (nSPS) is 17.8. The Bertz CT molecular complexity index is 549. The van der Waals surface area contributed by atoms with E-state index in [2.05, 4.69) is 5.32 Å². The molecule has 2 rings (SSSR count). The topological polar surface area (TPSA) is 66.5 Å². The van der Waals surface area contributed by atoms with Crippen LogP contribution in [-0.4, -0.2) is 28.3 Å². The average Bonchev–Trinajstić information content (AvgIpc) is 2.47. The molecule has 1 fully saturated rings. The summed E-state index contributed by atoms with van der Waals surface area (Å²) in [5.41, 5.74) is 0.194. The Labute approximate surface area is 105 Å². The van der Waals surface area contributed by atoms with Crippen LogP contribution in [0.15, 0.2) is 24.3 Å². The largest absolute Gasteiger partial charge is 0.332 e. The highest BCUT2D eigenvalue weighted by Crippen LogP contribution is 2.19. The molecule has 0 unspecified atom stereocenters. The number of hydrogen-bond donors (Lipinski definition) is 1. The maximum Gasteiger partial charge on any atom is 0.332 e. The van der Waals surface area contributed by atoms with E-state index in [9.17, 15) is 14.4 Å². The van der Waals surface area contributed by atoms with Crippen LogP contribution >= 0.6 is 0 Å². The smallest absolute Gasteiger partial charge is 0.323 e. The number of amides is 4. The van der Waals surface area contributed by atoms with Gasteiger partial charge in [-0.05, 0) is 32.9 Å². The molecule has 18 heavy (non-hydrogen) atoms. The monoisotopic (exact) mass is 246 g/mol. The van der Waals surface area contributed by atoms with E-state index in [1.807, 2.05) is 13.0 Å². The minimum Gasteiger partial charge on any atom is -0.323 e. The summed E-state index contributed by atoms with van der Waals surface area (Å²) in [5.74, 6) is -1.12. The molecule has 1 aliphatic rings. The van der Waals surface area contributed by atoms with Crippen molar-refractivity contribution in [3.63, 3.8) is 0 Å². The summed E-state index contributed by atoms with van der Waals surface area (Å²) in [4.78, 5) is 36.4. The fraction of sp³-hybridized carbons (Fsp3) is 0.308. The van der Waals surface area contributed by atoms with Crippen molar-refractivity contribution < 1.29 is 14.4 Å². The van der Waals surface area contributed by atoms with Crippen LogP contribution in [-0.2, 0) is 4.79 Å². The lowest BCUT2D eigenvalue weighted by molar-refractivity contribution is -0.128. The SMILES string of the molecule is Cc1cccc(C(=O)N2C(=O)NC(C)(C)C2=O)c1. The van der Waals surface area contributed by atoms with Crippen molar-refractivity contribution in [3.8, 4) is 0 Å². The van der Waals surface area contributed by atoms with Gasteiger partial charge in [0.15, 0.2) is 0 Å². The Hall–Kier alpha value is -2.17. The summed E-state index contributed by atoms with van der Waals surface area (Å²) in [5, 5.41) is 2.47. The van der Waals surface area contributed by atoms with Gasteiger partial charge in [0.25, 0.3) is 11.8 Å². The van der Waals surface area contributed by atoms with Crippen molar-refractivity contribution in [2.75, 3.05) is 0 Å². The van der Waals surface area contributed by atoms with E-state index in [0.717, 1.165) is 5.56 Å². The van der Waals surface area contributed by atoms with Crippen LogP contribution in [0, 0.1) is 6.92 Å². The fourth-order valence-corrected chi connectivity index (χ4v) is 1.84. The van der Waals surface area contributed by atoms with Crippen LogP contribution in [0.4, 0.5) is 4.79 Å². The molecule has 4 amide bonds. The standard InChI is InChI=1S/C13H14N2O3/c1-8-5-4-6-9(7-8)10(16)15-11(17)13(2,3)14-12(15)18/h4-7H,1-3H3,(H,14,18). The molecule has 1 aromatic carbocycles. The minimum atomic E-state index is -1.03. The molecule has 0 aliphatic carbocycles. The minimum absolute atomic E-state index is 0.330. The third kappa shape index (κ3) is 1.88. The molecule has 0 spiro atoms. The van der Waals surface area contributed by atoms with Crippen LogP contribution in [0.2, 0.25) is 0 Å². The van der Waals surface area contributed by atoms with Gasteiger partial charge in [-0.2, -0.15) is 4.90 Å². The molecule has 1 saturated heterocycles. The second-order valence-electron chi connectivity index (χ2n) is 4.87. The molecule has 0 radical (unpaired) electrons. The molecule has 0 atom stereocenters. The molecule has 1 heterocycles. The molecule has 5 nitrogen and oxygen atoms in total. The predicted octanol–water partition coefficient (Wildman–Crippen LogP) is 1.47. The van der Waals surface area contributed by atoms with Gasteiger partial charge in [0.1, 0.15) is 5.54 Å². The maximum atomic E-state index is 12.2. The fourth-order valence-electron chi connectivity index (χ4n) is 1.84. The van der Waals surface area contributed by atoms with E-state index in [1.165, 1.54) is 0 Å². The molecular formula is C13H14N2O3. The third-order valence-corrected chi connectivity index (χ3v) is 2.83. The van der Waals surface area contributed by atoms with Crippen LogP contribution < -0.4 is 5.32 Å². The summed E-state index contributed by atoms with van der Waals surface area (Å²) < 4.78 is 0. The van der Waals surface area contributed by atoms with Gasteiger partial charge in [-0.1, -0.05) is 17.7 Å². The van der Waals surface area contributed by atoms with Crippen molar-refractivity contribution in [1.82, 2.24) is 10.2 Å². The van der Waals surface area contributed by atoms with Crippen molar-refractivity contribution in [2.24, 2.45) is 0 Å². The zero-order valence-corrected chi connectivity index (χ0v) is 10.5. The van der Waals surface area contributed by atoms with Gasteiger partial charge in [0, 0.05) is 5.56 Å². The van der Waals surface area contributed by atoms with Crippen molar-refractivity contribution in [2.45, 2.75) is 26.3 Å². The van der Waals surface area contributed by atoms with Crippen LogP contribution in [0.25, 0.3) is 0 Å². The van der Waals surface area contributed by atoms with Gasteiger partial charge in [-0.15, -0.1) is 0 Å². The number of rotatable bonds is 1. The summed E-state index contributed by atoms with van der Waals surface area (Å²) in [7, 11) is 0. The second kappa shape index (κ2) is 3.94. The molecule has 1 aliphatic heterocycles. The highest BCUT2D eigenvalue weighted by atomic mass is 16.2. The van der Waals surface area contributed by atoms with E-state index in [1.54, 1.807) is 32.0 Å². The lowest BCUT2D eigenvalue weighted by atomic mass is 10.1. The number of aryl methyl sites for hydroxylation is 1. The zero-order valence-electron chi connectivity index (χ0n) is 10.5. The number of nitrogens with one attached hydrogen (secondary N) is 1. The van der Waals surface area contributed by atoms with E-state index in [0.29, 0.717) is 10.5 Å². The number of nitrogens with zero attached hydrogens (tertiary/aromatic N) is 1. The lowest BCUT2D eigenvalue weighted by Crippen LogP contribution is -2.41. The molecule has 0 bridgehead atoms. The summed E-state index contributed by atoms with van der Waals surface area (Å²) in [6, 6.07) is 6.12. The number of hydrogen-bond acceptors (Lipinski definition) is 3. The first-order chi connectivity index (χ1) is 8.33. The molecule has 94 valence electrons. The van der Waals surface area contributed by atoms with Crippen molar-refractivity contribution in [3.05, 3.63) is 35.4 Å². The predicted molar refractivity (Wildman–Crippen MR) is 65.0 cm³/mol. The van der Waals surface area contributed by atoms with Gasteiger partial charge in [0.05, 0.1) is 0 Å². The summed E-state index contributed by atoms with van der Waals surface area (Å²) >= 11 is 0. The van der Waals surface area contributed by atoms with Gasteiger partial charge in [-0.25, -0.2) is 4.79 Å². The van der Waals surface area contributed by atoms with Gasteiger partial charge >= 0.3 is 6.03 Å². The van der Waals surface area contributed by atoms with Crippen LogP contribution in [0.1, 0.15) is 29.8 Å². The molecule has 0 saturated carbocycles. The van der Waals surface area contributed by atoms with Crippen molar-refractivity contribution >= 4 is 17.8 Å². The molecule has 1 aromatic rings. The van der Waals surface area contributed by atoms with E-state index in [4.69, 9.17) is 0 Å². The lowest BCUT2D eigenvalue weighted by Gasteiger charge is -2.14. The van der Waals surface area contributed by atoms with Crippen LogP contribution in [0.5, 0.6) is 0 Å². The molecule has 0 aromatic heterocycles. The van der Waals surface area contributed by atoms with E-state index >= 15 is 0 Å². The Morgan fingerprint density at radius 3 is 2.44 bits per heavy atom. The second-order valence-corrected chi connectivity index (χ2v) is 4.87. The van der Waals surface area contributed by atoms with E-state index in [-0.39, 0.29) is 0 Å². The average molecular weight is 246 g/mol. The number of imide groups is 3. The van der Waals surface area contributed by atoms with E-state index < -0.39 is 23.4 Å². The third-order valence-electron chi connectivity index (χ3n) is 2.83. The quantitative estimate of drug-likeness (QED) is 0.602. The first kappa shape index (κ1) is 12.3. The van der Waals surface area contributed by atoms with Crippen molar-refractivity contribution in [1.29, 1.82) is 0 Å². The Balaban J connectivity index is 2.36. The maximum absolute atomic E-state index is 12.2. The zero-order chi connectivity index (χ0) is 13.5. The first-order valence-electron chi connectivity index (χ1n) is 5.60. The van der Waals surface area contributed by atoms with Gasteiger partial charge in [0.2, 0.25) is 0 Å². The van der Waals surface area contributed by atoms with Gasteiger partial charge in [-0.3, -0.25) is 9.59 Å². The first-order valence-corrected chi connectivity index (χ1v) is 5.60. The Kier molecular flexibility index (Phi) is 2.69.